The summed E-state index contributed by atoms with van der Waals surface area (Å²) in [6.45, 7) is 9.04. The molecule has 12 heavy (non-hydrogen) atoms. The van der Waals surface area contributed by atoms with Gasteiger partial charge < -0.3 is 8.85 Å². The zero-order chi connectivity index (χ0) is 9.61. The largest absolute Gasteiger partial charge is 0.395 e. The van der Waals surface area contributed by atoms with Crippen molar-refractivity contribution >= 4 is 24.5 Å². The van der Waals surface area contributed by atoms with E-state index in [0.717, 1.165) is 19.1 Å². The lowest BCUT2D eigenvalue weighted by atomic mass is 10.6. The maximum Gasteiger partial charge on any atom is 0.335 e. The molecule has 0 amide bonds. The van der Waals surface area contributed by atoms with Gasteiger partial charge in [-0.05, 0) is 26.4 Å². The second kappa shape index (κ2) is 6.13. The van der Waals surface area contributed by atoms with Gasteiger partial charge in [0.25, 0.3) is 0 Å². The standard InChI is InChI=1S/C8H19BrO2Si/c1-5-7-12(4,10-6-2)11-8(3)9/h8H,5-7H2,1-4H3. The summed E-state index contributed by atoms with van der Waals surface area (Å²) in [4.78, 5) is 0. The average molecular weight is 255 g/mol. The van der Waals surface area contributed by atoms with Crippen molar-refractivity contribution in [1.82, 2.24) is 0 Å². The number of alkyl halides is 1. The summed E-state index contributed by atoms with van der Waals surface area (Å²) in [5, 5.41) is 0.104. The van der Waals surface area contributed by atoms with Gasteiger partial charge >= 0.3 is 8.56 Å². The topological polar surface area (TPSA) is 18.5 Å². The van der Waals surface area contributed by atoms with Crippen LogP contribution in [-0.2, 0) is 8.85 Å². The second-order valence-electron chi connectivity index (χ2n) is 2.98. The summed E-state index contributed by atoms with van der Waals surface area (Å²) in [7, 11) is -1.86. The molecule has 0 saturated heterocycles. The molecule has 74 valence electrons. The molecule has 0 bridgehead atoms. The summed E-state index contributed by atoms with van der Waals surface area (Å²) in [5.41, 5.74) is 0. The van der Waals surface area contributed by atoms with Crippen molar-refractivity contribution in [2.45, 2.75) is 44.8 Å². The highest BCUT2D eigenvalue weighted by molar-refractivity contribution is 9.09. The Bertz CT molecular complexity index is 114. The summed E-state index contributed by atoms with van der Waals surface area (Å²) >= 11 is 3.38. The van der Waals surface area contributed by atoms with Crippen molar-refractivity contribution in [3.8, 4) is 0 Å². The molecule has 0 aliphatic heterocycles. The molecular weight excluding hydrogens is 236 g/mol. The zero-order valence-electron chi connectivity index (χ0n) is 8.39. The summed E-state index contributed by atoms with van der Waals surface area (Å²) in [5.74, 6) is 0. The molecule has 0 fully saturated rings. The third kappa shape index (κ3) is 5.30. The van der Waals surface area contributed by atoms with Crippen LogP contribution in [0, 0.1) is 0 Å². The first-order valence-electron chi connectivity index (χ1n) is 4.50. The minimum Gasteiger partial charge on any atom is -0.395 e. The Morgan fingerprint density at radius 2 is 2.00 bits per heavy atom. The van der Waals surface area contributed by atoms with Crippen molar-refractivity contribution in [3.05, 3.63) is 0 Å². The first-order valence-corrected chi connectivity index (χ1v) is 7.94. The highest BCUT2D eigenvalue weighted by atomic mass is 79.9. The highest BCUT2D eigenvalue weighted by Gasteiger charge is 2.31. The van der Waals surface area contributed by atoms with Crippen LogP contribution in [0.3, 0.4) is 0 Å². The Kier molecular flexibility index (Phi) is 6.44. The SMILES string of the molecule is CCC[Si](C)(OCC)OC(C)Br. The quantitative estimate of drug-likeness (QED) is 0.535. The van der Waals surface area contributed by atoms with Gasteiger partial charge in [-0.2, -0.15) is 0 Å². The molecule has 0 heterocycles. The van der Waals surface area contributed by atoms with E-state index in [1.54, 1.807) is 0 Å². The smallest absolute Gasteiger partial charge is 0.335 e. The molecule has 0 N–H and O–H groups in total. The van der Waals surface area contributed by atoms with Gasteiger partial charge in [0.05, 0.1) is 0 Å². The minimum absolute atomic E-state index is 0.104. The Labute approximate surface area is 85.0 Å². The number of rotatable bonds is 6. The van der Waals surface area contributed by atoms with E-state index in [0.29, 0.717) is 0 Å². The monoisotopic (exact) mass is 254 g/mol. The first-order chi connectivity index (χ1) is 5.54. The van der Waals surface area contributed by atoms with E-state index in [2.05, 4.69) is 29.4 Å². The lowest BCUT2D eigenvalue weighted by Crippen LogP contribution is -2.40. The van der Waals surface area contributed by atoms with E-state index in [4.69, 9.17) is 8.85 Å². The van der Waals surface area contributed by atoms with E-state index in [1.165, 1.54) is 0 Å². The summed E-state index contributed by atoms with van der Waals surface area (Å²) in [6.07, 6.45) is 1.13. The molecule has 0 aliphatic carbocycles. The number of halogens is 1. The summed E-state index contributed by atoms with van der Waals surface area (Å²) in [6, 6.07) is 1.07. The van der Waals surface area contributed by atoms with Gasteiger partial charge in [-0.1, -0.05) is 29.3 Å². The van der Waals surface area contributed by atoms with E-state index >= 15 is 0 Å². The predicted octanol–water partition coefficient (Wildman–Crippen LogP) is 3.26. The fraction of sp³-hybridized carbons (Fsp3) is 1.00. The second-order valence-corrected chi connectivity index (χ2v) is 7.56. The van der Waals surface area contributed by atoms with Crippen LogP contribution in [0.4, 0.5) is 0 Å². The van der Waals surface area contributed by atoms with Crippen LogP contribution in [0.5, 0.6) is 0 Å². The number of hydrogen-bond acceptors (Lipinski definition) is 2. The molecule has 0 aliphatic rings. The maximum absolute atomic E-state index is 5.75. The van der Waals surface area contributed by atoms with Crippen molar-refractivity contribution in [3.63, 3.8) is 0 Å². The van der Waals surface area contributed by atoms with Gasteiger partial charge in [0, 0.05) is 6.61 Å². The van der Waals surface area contributed by atoms with Gasteiger partial charge in [-0.25, -0.2) is 0 Å². The van der Waals surface area contributed by atoms with Crippen molar-refractivity contribution < 1.29 is 8.85 Å². The molecule has 0 spiro atoms. The van der Waals surface area contributed by atoms with E-state index in [-0.39, 0.29) is 5.01 Å². The highest BCUT2D eigenvalue weighted by Crippen LogP contribution is 2.19. The minimum atomic E-state index is -1.86. The molecule has 0 radical (unpaired) electrons. The van der Waals surface area contributed by atoms with E-state index in [9.17, 15) is 0 Å². The first kappa shape index (κ1) is 12.6. The van der Waals surface area contributed by atoms with Crippen LogP contribution >= 0.6 is 15.9 Å². The predicted molar refractivity (Wildman–Crippen MR) is 57.8 cm³/mol. The Hall–Kier alpha value is 0.617. The fourth-order valence-corrected chi connectivity index (χ4v) is 4.99. The molecule has 4 heteroatoms. The summed E-state index contributed by atoms with van der Waals surface area (Å²) < 4.78 is 11.4. The van der Waals surface area contributed by atoms with Crippen molar-refractivity contribution in [2.75, 3.05) is 6.61 Å². The van der Waals surface area contributed by atoms with Crippen molar-refractivity contribution in [2.24, 2.45) is 0 Å². The molecular formula is C8H19BrO2Si. The molecule has 2 unspecified atom stereocenters. The lowest BCUT2D eigenvalue weighted by Gasteiger charge is -2.27. The molecule has 2 nitrogen and oxygen atoms in total. The van der Waals surface area contributed by atoms with Crippen molar-refractivity contribution in [1.29, 1.82) is 0 Å². The zero-order valence-corrected chi connectivity index (χ0v) is 11.0. The van der Waals surface area contributed by atoms with Crippen LogP contribution in [0.2, 0.25) is 12.6 Å². The lowest BCUT2D eigenvalue weighted by molar-refractivity contribution is 0.177. The molecule has 0 aromatic heterocycles. The molecule has 0 aromatic rings. The Balaban J connectivity index is 3.98. The van der Waals surface area contributed by atoms with Gasteiger partial charge in [0.15, 0.2) is 0 Å². The van der Waals surface area contributed by atoms with Crippen LogP contribution < -0.4 is 0 Å². The van der Waals surface area contributed by atoms with Gasteiger partial charge in [0.1, 0.15) is 5.01 Å². The third-order valence-corrected chi connectivity index (χ3v) is 5.26. The molecule has 2 atom stereocenters. The van der Waals surface area contributed by atoms with Crippen LogP contribution in [0.1, 0.15) is 27.2 Å². The maximum atomic E-state index is 5.75. The van der Waals surface area contributed by atoms with Crippen LogP contribution in [0.15, 0.2) is 0 Å². The Morgan fingerprint density at radius 3 is 2.33 bits per heavy atom. The van der Waals surface area contributed by atoms with E-state index < -0.39 is 8.56 Å². The van der Waals surface area contributed by atoms with Crippen LogP contribution in [-0.4, -0.2) is 20.2 Å². The van der Waals surface area contributed by atoms with Gasteiger partial charge in [-0.3, -0.25) is 0 Å². The Morgan fingerprint density at radius 1 is 1.42 bits per heavy atom. The van der Waals surface area contributed by atoms with Crippen LogP contribution in [0.25, 0.3) is 0 Å². The normalized spacial score (nSPS) is 18.8. The fourth-order valence-electron chi connectivity index (χ4n) is 1.27. The number of hydrogen-bond donors (Lipinski definition) is 0. The average Bonchev–Trinajstić information content (AvgIpc) is 1.85. The molecule has 0 aromatic carbocycles. The molecule has 0 saturated carbocycles. The van der Waals surface area contributed by atoms with Gasteiger partial charge in [-0.15, -0.1) is 0 Å². The van der Waals surface area contributed by atoms with E-state index in [1.807, 2.05) is 13.8 Å². The van der Waals surface area contributed by atoms with Gasteiger partial charge in [0.2, 0.25) is 0 Å². The molecule has 0 rings (SSSR count). The third-order valence-electron chi connectivity index (χ3n) is 1.57.